The Balaban J connectivity index is 0. The first kappa shape index (κ1) is 18.6. The molecule has 1 N–H and O–H groups in total. The first-order valence-electron chi connectivity index (χ1n) is 5.46. The highest BCUT2D eigenvalue weighted by molar-refractivity contribution is 5.71. The van der Waals surface area contributed by atoms with Gasteiger partial charge in [-0.25, -0.2) is 0 Å². The molecule has 0 rings (SSSR count). The van der Waals surface area contributed by atoms with Crippen molar-refractivity contribution in [3.63, 3.8) is 0 Å². The van der Waals surface area contributed by atoms with Gasteiger partial charge in [-0.05, 0) is 6.42 Å². The predicted octanol–water partition coefficient (Wildman–Crippen LogP) is -2.12. The molecule has 1 atom stereocenters. The van der Waals surface area contributed by atoms with Gasteiger partial charge in [0.05, 0.1) is 27.6 Å². The molecule has 0 saturated carbocycles. The molecule has 0 aliphatic rings. The average molecular weight is 268 g/mol. The van der Waals surface area contributed by atoms with Crippen LogP contribution in [0, 0.1) is 0 Å². The molecule has 0 spiro atoms. The van der Waals surface area contributed by atoms with Crippen LogP contribution < -0.4 is 12.4 Å². The summed E-state index contributed by atoms with van der Waals surface area (Å²) in [6, 6.07) is 0. The van der Waals surface area contributed by atoms with Crippen molar-refractivity contribution in [3.8, 4) is 0 Å². The standard InChI is InChI=1S/C11H21NO4.ClH/c1-5-6-11(15)16-9(7-10(13)14)8-12(2,3)4;/h9H,5-8H2,1-4H3;1H/t9-;/m0./s1. The summed E-state index contributed by atoms with van der Waals surface area (Å²) >= 11 is 0. The van der Waals surface area contributed by atoms with Gasteiger partial charge >= 0.3 is 11.9 Å². The molecule has 0 aromatic rings. The summed E-state index contributed by atoms with van der Waals surface area (Å²) in [5, 5.41) is 8.73. The summed E-state index contributed by atoms with van der Waals surface area (Å²) in [7, 11) is 5.80. The monoisotopic (exact) mass is 267 g/mol. The van der Waals surface area contributed by atoms with Crippen molar-refractivity contribution >= 4 is 11.9 Å². The van der Waals surface area contributed by atoms with Gasteiger partial charge in [-0.1, -0.05) is 6.92 Å². The third-order valence-corrected chi connectivity index (χ3v) is 1.91. The Morgan fingerprint density at radius 1 is 1.29 bits per heavy atom. The number of rotatable bonds is 7. The van der Waals surface area contributed by atoms with Gasteiger partial charge in [-0.2, -0.15) is 0 Å². The van der Waals surface area contributed by atoms with Gasteiger partial charge in [0.25, 0.3) is 0 Å². The van der Waals surface area contributed by atoms with Gasteiger partial charge in [0, 0.05) is 6.42 Å². The van der Waals surface area contributed by atoms with E-state index in [2.05, 4.69) is 0 Å². The lowest BCUT2D eigenvalue weighted by molar-refractivity contribution is -0.873. The number of carboxylic acids is 1. The van der Waals surface area contributed by atoms with E-state index in [0.717, 1.165) is 0 Å². The summed E-state index contributed by atoms with van der Waals surface area (Å²) in [5.74, 6) is -1.26. The second kappa shape index (κ2) is 8.31. The summed E-state index contributed by atoms with van der Waals surface area (Å²) in [6.07, 6.45) is 0.373. The lowest BCUT2D eigenvalue weighted by Gasteiger charge is -2.28. The van der Waals surface area contributed by atoms with Crippen molar-refractivity contribution in [2.75, 3.05) is 27.7 Å². The van der Waals surface area contributed by atoms with Crippen molar-refractivity contribution in [3.05, 3.63) is 0 Å². The Morgan fingerprint density at radius 3 is 2.18 bits per heavy atom. The maximum atomic E-state index is 11.3. The molecule has 0 aliphatic carbocycles. The van der Waals surface area contributed by atoms with Crippen LogP contribution in [0.3, 0.4) is 0 Å². The molecular weight excluding hydrogens is 246 g/mol. The zero-order chi connectivity index (χ0) is 12.8. The van der Waals surface area contributed by atoms with Crippen LogP contribution in [0.5, 0.6) is 0 Å². The van der Waals surface area contributed by atoms with Gasteiger partial charge in [-0.15, -0.1) is 0 Å². The number of carboxylic acid groups (broad SMARTS) is 1. The van der Waals surface area contributed by atoms with E-state index >= 15 is 0 Å². The summed E-state index contributed by atoms with van der Waals surface area (Å²) in [4.78, 5) is 21.9. The minimum absolute atomic E-state index is 0. The molecule has 5 nitrogen and oxygen atoms in total. The molecule has 0 aromatic heterocycles. The van der Waals surface area contributed by atoms with Gasteiger partial charge < -0.3 is 26.7 Å². The van der Waals surface area contributed by atoms with E-state index in [1.807, 2.05) is 28.1 Å². The topological polar surface area (TPSA) is 63.6 Å². The number of halogens is 1. The average Bonchev–Trinajstić information content (AvgIpc) is 1.98. The number of likely N-dealkylation sites (N-methyl/N-ethyl adjacent to an activating group) is 1. The second-order valence-electron chi connectivity index (χ2n) is 4.93. The van der Waals surface area contributed by atoms with Crippen LogP contribution in [0.4, 0.5) is 0 Å². The molecule has 0 bridgehead atoms. The van der Waals surface area contributed by atoms with Gasteiger partial charge in [0.15, 0.2) is 6.10 Å². The van der Waals surface area contributed by atoms with Crippen LogP contribution in [0.2, 0.25) is 0 Å². The highest BCUT2D eigenvalue weighted by Crippen LogP contribution is 2.07. The normalized spacial score (nSPS) is 12.5. The molecular formula is C11H22ClNO4. The number of hydrogen-bond donors (Lipinski definition) is 1. The highest BCUT2D eigenvalue weighted by atomic mass is 35.5. The van der Waals surface area contributed by atoms with Crippen molar-refractivity contribution in [2.45, 2.75) is 32.3 Å². The highest BCUT2D eigenvalue weighted by Gasteiger charge is 2.24. The smallest absolute Gasteiger partial charge is 0.307 e. The Hall–Kier alpha value is -0.810. The summed E-state index contributed by atoms with van der Waals surface area (Å²) in [5.41, 5.74) is 0. The quantitative estimate of drug-likeness (QED) is 0.423. The SMILES string of the molecule is CCCC(=O)O[C@@H](CC(=O)O)C[N+](C)(C)C.[Cl-]. The molecule has 0 heterocycles. The third kappa shape index (κ3) is 11.5. The Bertz CT molecular complexity index is 250. The first-order chi connectivity index (χ1) is 7.24. The van der Waals surface area contributed by atoms with E-state index in [-0.39, 0.29) is 24.8 Å². The van der Waals surface area contributed by atoms with Gasteiger partial charge in [0.1, 0.15) is 6.54 Å². The Morgan fingerprint density at radius 2 is 1.82 bits per heavy atom. The molecule has 6 heteroatoms. The van der Waals surface area contributed by atoms with Crippen LogP contribution in [0.25, 0.3) is 0 Å². The fourth-order valence-corrected chi connectivity index (χ4v) is 1.40. The molecule has 17 heavy (non-hydrogen) atoms. The number of ether oxygens (including phenoxy) is 1. The fraction of sp³-hybridized carbons (Fsp3) is 0.818. The number of nitrogens with zero attached hydrogens (tertiary/aromatic N) is 1. The van der Waals surface area contributed by atoms with Crippen LogP contribution in [0.15, 0.2) is 0 Å². The number of carbonyl (C=O) groups excluding carboxylic acids is 1. The van der Waals surface area contributed by atoms with Gasteiger partial charge in [-0.3, -0.25) is 9.59 Å². The van der Waals surface area contributed by atoms with Crippen LogP contribution >= 0.6 is 0 Å². The fourth-order valence-electron chi connectivity index (χ4n) is 1.40. The van der Waals surface area contributed by atoms with Crippen LogP contribution in [0.1, 0.15) is 26.2 Å². The minimum atomic E-state index is -0.942. The van der Waals surface area contributed by atoms with E-state index in [1.165, 1.54) is 0 Å². The molecule has 0 aromatic carbocycles. The van der Waals surface area contributed by atoms with E-state index < -0.39 is 12.1 Å². The minimum Gasteiger partial charge on any atom is -1.00 e. The Kier molecular flexibility index (Phi) is 9.06. The lowest BCUT2D eigenvalue weighted by atomic mass is 10.2. The molecule has 0 amide bonds. The molecule has 0 radical (unpaired) electrons. The largest absolute Gasteiger partial charge is 1.00 e. The maximum absolute atomic E-state index is 11.3. The molecule has 102 valence electrons. The maximum Gasteiger partial charge on any atom is 0.307 e. The number of esters is 1. The summed E-state index contributed by atoms with van der Waals surface area (Å²) < 4.78 is 5.71. The molecule has 0 saturated heterocycles. The molecule has 0 unspecified atom stereocenters. The van der Waals surface area contributed by atoms with E-state index in [1.54, 1.807) is 0 Å². The summed E-state index contributed by atoms with van der Waals surface area (Å²) in [6.45, 7) is 2.38. The van der Waals surface area contributed by atoms with Crippen LogP contribution in [-0.4, -0.2) is 55.3 Å². The number of carbonyl (C=O) groups is 2. The Labute approximate surface area is 109 Å². The number of aliphatic carboxylic acids is 1. The zero-order valence-electron chi connectivity index (χ0n) is 10.9. The van der Waals surface area contributed by atoms with Crippen molar-refractivity contribution in [1.82, 2.24) is 0 Å². The number of hydrogen-bond acceptors (Lipinski definition) is 3. The first-order valence-corrected chi connectivity index (χ1v) is 5.46. The van der Waals surface area contributed by atoms with E-state index in [0.29, 0.717) is 23.9 Å². The van der Waals surface area contributed by atoms with Crippen molar-refractivity contribution in [1.29, 1.82) is 0 Å². The number of quaternary nitrogens is 1. The molecule has 0 fully saturated rings. The van der Waals surface area contributed by atoms with Crippen molar-refractivity contribution < 1.29 is 36.3 Å². The molecule has 0 aliphatic heterocycles. The second-order valence-corrected chi connectivity index (χ2v) is 4.93. The third-order valence-electron chi connectivity index (χ3n) is 1.91. The van der Waals surface area contributed by atoms with Gasteiger partial charge in [0.2, 0.25) is 0 Å². The predicted molar refractivity (Wildman–Crippen MR) is 59.9 cm³/mol. The van der Waals surface area contributed by atoms with Crippen molar-refractivity contribution in [2.24, 2.45) is 0 Å². The lowest BCUT2D eigenvalue weighted by Crippen LogP contribution is -3.00. The van der Waals surface area contributed by atoms with Crippen LogP contribution in [-0.2, 0) is 14.3 Å². The van der Waals surface area contributed by atoms with E-state index in [9.17, 15) is 9.59 Å². The van der Waals surface area contributed by atoms with E-state index in [4.69, 9.17) is 9.84 Å². The zero-order valence-corrected chi connectivity index (χ0v) is 11.7.